The third-order valence-corrected chi connectivity index (χ3v) is 3.02. The molecule has 2 N–H and O–H groups in total. The highest BCUT2D eigenvalue weighted by molar-refractivity contribution is 5.69. The molecule has 0 heterocycles. The van der Waals surface area contributed by atoms with Gasteiger partial charge in [0.25, 0.3) is 0 Å². The van der Waals surface area contributed by atoms with Gasteiger partial charge >= 0.3 is 12.1 Å². The van der Waals surface area contributed by atoms with Crippen molar-refractivity contribution >= 4 is 12.1 Å². The van der Waals surface area contributed by atoms with Crippen molar-refractivity contribution in [3.8, 4) is 0 Å². The monoisotopic (exact) mass is 303 g/mol. The Morgan fingerprint density at radius 2 is 2.05 bits per heavy atom. The van der Waals surface area contributed by atoms with Crippen molar-refractivity contribution in [3.63, 3.8) is 0 Å². The fourth-order valence-electron chi connectivity index (χ4n) is 1.98. The second kappa shape index (κ2) is 9.39. The standard InChI is InChI=1S/C17H21NO4/c1-3-12-22-17(21)18-16(14-9-5-4-6-10-14)13(2)8-7-11-15(19)20/h3-10,13,16H,1,11-12H2,2H3,(H,18,21)(H,19,20)/b8-7+/t13-,16+/m1/s1. The maximum Gasteiger partial charge on any atom is 0.407 e. The van der Waals surface area contributed by atoms with Crippen LogP contribution in [0.1, 0.15) is 24.9 Å². The molecule has 0 unspecified atom stereocenters. The number of ether oxygens (including phenoxy) is 1. The molecule has 118 valence electrons. The number of alkyl carbamates (subject to hydrolysis) is 1. The first-order chi connectivity index (χ1) is 10.5. The molecule has 2 atom stereocenters. The van der Waals surface area contributed by atoms with Crippen LogP contribution in [0, 0.1) is 5.92 Å². The Morgan fingerprint density at radius 3 is 2.64 bits per heavy atom. The van der Waals surface area contributed by atoms with E-state index in [0.717, 1.165) is 5.56 Å². The quantitative estimate of drug-likeness (QED) is 0.722. The largest absolute Gasteiger partial charge is 0.481 e. The lowest BCUT2D eigenvalue weighted by Crippen LogP contribution is -2.32. The third-order valence-electron chi connectivity index (χ3n) is 3.02. The summed E-state index contributed by atoms with van der Waals surface area (Å²) in [5.74, 6) is -0.976. The molecule has 0 spiro atoms. The average Bonchev–Trinajstić information content (AvgIpc) is 2.51. The van der Waals surface area contributed by atoms with E-state index in [1.54, 1.807) is 12.2 Å². The number of hydrogen-bond donors (Lipinski definition) is 2. The van der Waals surface area contributed by atoms with Crippen molar-refractivity contribution in [2.45, 2.75) is 19.4 Å². The van der Waals surface area contributed by atoms with Gasteiger partial charge in [-0.15, -0.1) is 0 Å². The maximum absolute atomic E-state index is 11.8. The summed E-state index contributed by atoms with van der Waals surface area (Å²) < 4.78 is 4.95. The number of hydrogen-bond acceptors (Lipinski definition) is 3. The number of carbonyl (C=O) groups excluding carboxylic acids is 1. The molecule has 0 bridgehead atoms. The molecule has 1 rings (SSSR count). The third kappa shape index (κ3) is 6.26. The summed E-state index contributed by atoms with van der Waals surface area (Å²) in [6.07, 6.45) is 4.27. The van der Waals surface area contributed by atoms with Gasteiger partial charge in [-0.2, -0.15) is 0 Å². The van der Waals surface area contributed by atoms with Gasteiger partial charge in [0.05, 0.1) is 12.5 Å². The van der Waals surface area contributed by atoms with Crippen LogP contribution in [-0.2, 0) is 9.53 Å². The molecule has 0 aliphatic carbocycles. The van der Waals surface area contributed by atoms with Gasteiger partial charge in [0.1, 0.15) is 6.61 Å². The smallest absolute Gasteiger partial charge is 0.407 e. The topological polar surface area (TPSA) is 75.6 Å². The number of carbonyl (C=O) groups is 2. The van der Waals surface area contributed by atoms with E-state index in [0.29, 0.717) is 0 Å². The van der Waals surface area contributed by atoms with Gasteiger partial charge in [0.2, 0.25) is 0 Å². The fourth-order valence-corrected chi connectivity index (χ4v) is 1.98. The van der Waals surface area contributed by atoms with E-state index < -0.39 is 12.1 Å². The zero-order valence-corrected chi connectivity index (χ0v) is 12.6. The molecule has 1 aromatic rings. The van der Waals surface area contributed by atoms with E-state index in [-0.39, 0.29) is 25.0 Å². The summed E-state index contributed by atoms with van der Waals surface area (Å²) in [5.41, 5.74) is 0.922. The van der Waals surface area contributed by atoms with Crippen molar-refractivity contribution in [2.75, 3.05) is 6.61 Å². The van der Waals surface area contributed by atoms with Gasteiger partial charge in [-0.25, -0.2) is 4.79 Å². The highest BCUT2D eigenvalue weighted by atomic mass is 16.5. The fraction of sp³-hybridized carbons (Fsp3) is 0.294. The zero-order valence-electron chi connectivity index (χ0n) is 12.6. The minimum absolute atomic E-state index is 0.0488. The molecular formula is C17H21NO4. The first-order valence-electron chi connectivity index (χ1n) is 7.02. The summed E-state index contributed by atoms with van der Waals surface area (Å²) >= 11 is 0. The summed E-state index contributed by atoms with van der Waals surface area (Å²) in [7, 11) is 0. The van der Waals surface area contributed by atoms with Crippen LogP contribution in [0.4, 0.5) is 4.79 Å². The average molecular weight is 303 g/mol. The molecule has 1 amide bonds. The molecule has 0 fully saturated rings. The molecule has 1 aromatic carbocycles. The number of benzene rings is 1. The van der Waals surface area contributed by atoms with Gasteiger partial charge in [-0.1, -0.05) is 62.1 Å². The van der Waals surface area contributed by atoms with Crippen LogP contribution in [0.3, 0.4) is 0 Å². The van der Waals surface area contributed by atoms with Gasteiger partial charge in [-0.3, -0.25) is 4.79 Å². The Hall–Kier alpha value is -2.56. The van der Waals surface area contributed by atoms with Crippen LogP contribution in [-0.4, -0.2) is 23.8 Å². The lowest BCUT2D eigenvalue weighted by molar-refractivity contribution is -0.136. The van der Waals surface area contributed by atoms with Crippen molar-refractivity contribution in [3.05, 3.63) is 60.7 Å². The van der Waals surface area contributed by atoms with Gasteiger partial charge in [-0.05, 0) is 11.5 Å². The first-order valence-corrected chi connectivity index (χ1v) is 7.02. The number of nitrogens with one attached hydrogen (secondary N) is 1. The molecule has 0 aromatic heterocycles. The SMILES string of the molecule is C=CCOC(=O)N[C@H](c1ccccc1)[C@H](C)/C=C/CC(=O)O. The van der Waals surface area contributed by atoms with Gasteiger partial charge < -0.3 is 15.2 Å². The van der Waals surface area contributed by atoms with E-state index >= 15 is 0 Å². The second-order valence-corrected chi connectivity index (χ2v) is 4.80. The molecule has 0 saturated heterocycles. The Kier molecular flexibility index (Phi) is 7.47. The minimum atomic E-state index is -0.891. The van der Waals surface area contributed by atoms with Crippen LogP contribution < -0.4 is 5.32 Å². The van der Waals surface area contributed by atoms with Crippen molar-refractivity contribution < 1.29 is 19.4 Å². The minimum Gasteiger partial charge on any atom is -0.481 e. The zero-order chi connectivity index (χ0) is 16.4. The summed E-state index contributed by atoms with van der Waals surface area (Å²) in [4.78, 5) is 22.3. The number of rotatable bonds is 8. The van der Waals surface area contributed by atoms with Crippen molar-refractivity contribution in [1.82, 2.24) is 5.32 Å². The maximum atomic E-state index is 11.8. The highest BCUT2D eigenvalue weighted by Gasteiger charge is 2.20. The predicted molar refractivity (Wildman–Crippen MR) is 84.4 cm³/mol. The van der Waals surface area contributed by atoms with Gasteiger partial charge in [0, 0.05) is 0 Å². The Bertz CT molecular complexity index is 525. The Balaban J connectivity index is 2.82. The number of carboxylic acids is 1. The van der Waals surface area contributed by atoms with E-state index in [4.69, 9.17) is 9.84 Å². The van der Waals surface area contributed by atoms with Gasteiger partial charge in [0.15, 0.2) is 0 Å². The molecule has 0 aliphatic rings. The summed E-state index contributed by atoms with van der Waals surface area (Å²) in [6.45, 7) is 5.53. The summed E-state index contributed by atoms with van der Waals surface area (Å²) in [6, 6.07) is 9.16. The van der Waals surface area contributed by atoms with Crippen LogP contribution in [0.5, 0.6) is 0 Å². The number of amides is 1. The lowest BCUT2D eigenvalue weighted by Gasteiger charge is -2.23. The Morgan fingerprint density at radius 1 is 1.36 bits per heavy atom. The summed E-state index contributed by atoms with van der Waals surface area (Å²) in [5, 5.41) is 11.5. The first kappa shape index (κ1) is 17.5. The molecular weight excluding hydrogens is 282 g/mol. The van der Waals surface area contributed by atoms with Crippen LogP contribution in [0.2, 0.25) is 0 Å². The van der Waals surface area contributed by atoms with E-state index in [9.17, 15) is 9.59 Å². The molecule has 22 heavy (non-hydrogen) atoms. The van der Waals surface area contributed by atoms with E-state index in [2.05, 4.69) is 11.9 Å². The molecule has 5 heteroatoms. The lowest BCUT2D eigenvalue weighted by atomic mass is 9.94. The highest BCUT2D eigenvalue weighted by Crippen LogP contribution is 2.23. The van der Waals surface area contributed by atoms with E-state index in [1.165, 1.54) is 6.08 Å². The molecule has 0 radical (unpaired) electrons. The van der Waals surface area contributed by atoms with Crippen LogP contribution in [0.25, 0.3) is 0 Å². The normalized spacial score (nSPS) is 13.3. The molecule has 5 nitrogen and oxygen atoms in total. The molecule has 0 saturated carbocycles. The number of aliphatic carboxylic acids is 1. The van der Waals surface area contributed by atoms with Crippen LogP contribution >= 0.6 is 0 Å². The Labute approximate surface area is 130 Å². The van der Waals surface area contributed by atoms with E-state index in [1.807, 2.05) is 37.3 Å². The van der Waals surface area contributed by atoms with Crippen molar-refractivity contribution in [1.29, 1.82) is 0 Å². The molecule has 0 aliphatic heterocycles. The number of carboxylic acid groups (broad SMARTS) is 1. The van der Waals surface area contributed by atoms with Crippen molar-refractivity contribution in [2.24, 2.45) is 5.92 Å². The van der Waals surface area contributed by atoms with Crippen LogP contribution in [0.15, 0.2) is 55.1 Å². The second-order valence-electron chi connectivity index (χ2n) is 4.80. The predicted octanol–water partition coefficient (Wildman–Crippen LogP) is 3.31.